The summed E-state index contributed by atoms with van der Waals surface area (Å²) >= 11 is 0. The van der Waals surface area contributed by atoms with Gasteiger partial charge in [-0.05, 0) is 73.7 Å². The molecule has 2 nitrogen and oxygen atoms in total. The molecule has 0 bridgehead atoms. The summed E-state index contributed by atoms with van der Waals surface area (Å²) in [6.07, 6.45) is 13.5. The maximum atomic E-state index is 4.01. The van der Waals surface area contributed by atoms with Crippen LogP contribution in [0.1, 0.15) is 6.92 Å². The normalized spacial score (nSPS) is 11.8. The third kappa shape index (κ3) is 5.69. The molecule has 2 heteroatoms. The highest BCUT2D eigenvalue weighted by Gasteiger charge is 2.15. The Hall–Kier alpha value is -4.30. The molecule has 0 radical (unpaired) electrons. The van der Waals surface area contributed by atoms with Crippen molar-refractivity contribution in [3.63, 3.8) is 0 Å². The van der Waals surface area contributed by atoms with Crippen molar-refractivity contribution in [2.24, 2.45) is 0 Å². The minimum absolute atomic E-state index is 0.951. The van der Waals surface area contributed by atoms with Gasteiger partial charge in [0.1, 0.15) is 0 Å². The summed E-state index contributed by atoms with van der Waals surface area (Å²) in [4.78, 5) is 4.39. The number of para-hydroxylation sites is 2. The smallest absolute Gasteiger partial charge is 0.0463 e. The van der Waals surface area contributed by atoms with E-state index in [1.54, 1.807) is 12.2 Å². The van der Waals surface area contributed by atoms with E-state index in [9.17, 15) is 0 Å². The summed E-state index contributed by atoms with van der Waals surface area (Å²) in [7, 11) is 0. The van der Waals surface area contributed by atoms with Crippen LogP contribution in [0, 0.1) is 0 Å². The van der Waals surface area contributed by atoms with Crippen LogP contribution < -0.4 is 9.80 Å². The van der Waals surface area contributed by atoms with Crippen LogP contribution in [-0.2, 0) is 0 Å². The van der Waals surface area contributed by atoms with E-state index < -0.39 is 0 Å². The van der Waals surface area contributed by atoms with Gasteiger partial charge in [0.15, 0.2) is 0 Å². The first kappa shape index (κ1) is 23.4. The molecular weight excluding hydrogens is 400 g/mol. The number of hydrogen-bond acceptors (Lipinski definition) is 2. The summed E-state index contributed by atoms with van der Waals surface area (Å²) < 4.78 is 0. The molecule has 0 saturated carbocycles. The fourth-order valence-corrected chi connectivity index (χ4v) is 3.62. The Balaban J connectivity index is 2.09. The van der Waals surface area contributed by atoms with E-state index >= 15 is 0 Å². The Bertz CT molecular complexity index is 1150. The van der Waals surface area contributed by atoms with Crippen LogP contribution >= 0.6 is 0 Å². The summed E-state index contributed by atoms with van der Waals surface area (Å²) in [6.45, 7) is 13.7. The van der Waals surface area contributed by atoms with E-state index in [-0.39, 0.29) is 0 Å². The van der Waals surface area contributed by atoms with E-state index in [0.717, 1.165) is 34.1 Å². The Labute approximate surface area is 198 Å². The van der Waals surface area contributed by atoms with Gasteiger partial charge in [-0.25, -0.2) is 0 Å². The lowest BCUT2D eigenvalue weighted by atomic mass is 10.1. The molecule has 33 heavy (non-hydrogen) atoms. The molecule has 164 valence electrons. The molecule has 0 heterocycles. The number of allylic oxidation sites excluding steroid dienone is 7. The van der Waals surface area contributed by atoms with Crippen LogP contribution in [0.25, 0.3) is 0 Å². The standard InChI is InChI=1S/C31H30N2/c1-5-9-17-27(8-4)33(29-20-14-11-15-21-29)31-24-22-30(23-25-31)32(26(7-3)16-6-2)28-18-12-10-13-19-28/h5-25H,1-3H2,4H3/b17-9-,26-16+,27-8+. The van der Waals surface area contributed by atoms with Gasteiger partial charge in [0.25, 0.3) is 0 Å². The predicted octanol–water partition coefficient (Wildman–Crippen LogP) is 8.86. The predicted molar refractivity (Wildman–Crippen MR) is 145 cm³/mol. The van der Waals surface area contributed by atoms with Gasteiger partial charge in [0.05, 0.1) is 0 Å². The van der Waals surface area contributed by atoms with Gasteiger partial charge in [-0.1, -0.05) is 80.4 Å². The third-order valence-electron chi connectivity index (χ3n) is 5.11. The monoisotopic (exact) mass is 430 g/mol. The Morgan fingerprint density at radius 3 is 1.45 bits per heavy atom. The fourth-order valence-electron chi connectivity index (χ4n) is 3.62. The van der Waals surface area contributed by atoms with Crippen molar-refractivity contribution in [2.75, 3.05) is 9.80 Å². The lowest BCUT2D eigenvalue weighted by Crippen LogP contribution is -2.17. The molecule has 0 fully saturated rings. The van der Waals surface area contributed by atoms with E-state index in [2.05, 4.69) is 102 Å². The van der Waals surface area contributed by atoms with Gasteiger partial charge < -0.3 is 9.80 Å². The molecule has 0 N–H and O–H groups in total. The second-order valence-corrected chi connectivity index (χ2v) is 7.20. The molecule has 0 aliphatic rings. The van der Waals surface area contributed by atoms with Crippen LogP contribution in [0.2, 0.25) is 0 Å². The third-order valence-corrected chi connectivity index (χ3v) is 5.11. The van der Waals surface area contributed by atoms with Crippen molar-refractivity contribution in [3.8, 4) is 0 Å². The molecule has 0 aliphatic heterocycles. The largest absolute Gasteiger partial charge is 0.311 e. The fraction of sp³-hybridized carbons (Fsp3) is 0.0323. The van der Waals surface area contributed by atoms with Gasteiger partial charge in [0, 0.05) is 34.1 Å². The minimum Gasteiger partial charge on any atom is -0.311 e. The first-order valence-electron chi connectivity index (χ1n) is 10.9. The number of nitrogens with zero attached hydrogens (tertiary/aromatic N) is 2. The molecule has 0 saturated heterocycles. The van der Waals surface area contributed by atoms with Crippen LogP contribution in [0.4, 0.5) is 22.7 Å². The van der Waals surface area contributed by atoms with E-state index in [1.165, 1.54) is 0 Å². The molecule has 0 atom stereocenters. The zero-order chi connectivity index (χ0) is 23.5. The highest BCUT2D eigenvalue weighted by molar-refractivity contribution is 5.75. The van der Waals surface area contributed by atoms with Crippen molar-refractivity contribution in [3.05, 3.63) is 159 Å². The van der Waals surface area contributed by atoms with Gasteiger partial charge in [-0.3, -0.25) is 0 Å². The molecule has 3 rings (SSSR count). The van der Waals surface area contributed by atoms with Crippen LogP contribution in [0.3, 0.4) is 0 Å². The first-order chi connectivity index (χ1) is 16.2. The SMILES string of the molecule is C=C/C=C\C(=C/C)N(c1ccccc1)c1ccc(N(/C(C=C)=C/C=C)c2ccccc2)cc1. The van der Waals surface area contributed by atoms with Gasteiger partial charge >= 0.3 is 0 Å². The average molecular weight is 431 g/mol. The molecule has 0 amide bonds. The van der Waals surface area contributed by atoms with Crippen molar-refractivity contribution in [1.82, 2.24) is 0 Å². The van der Waals surface area contributed by atoms with E-state index in [4.69, 9.17) is 0 Å². The van der Waals surface area contributed by atoms with Gasteiger partial charge in [0.2, 0.25) is 0 Å². The lowest BCUT2D eigenvalue weighted by Gasteiger charge is -2.29. The Morgan fingerprint density at radius 2 is 1.06 bits per heavy atom. The minimum atomic E-state index is 0.951. The summed E-state index contributed by atoms with van der Waals surface area (Å²) in [5.41, 5.74) is 6.26. The van der Waals surface area contributed by atoms with Crippen LogP contribution in [0.5, 0.6) is 0 Å². The molecule has 3 aromatic rings. The summed E-state index contributed by atoms with van der Waals surface area (Å²) in [6, 6.07) is 29.1. The number of anilines is 4. The first-order valence-corrected chi connectivity index (χ1v) is 10.9. The maximum Gasteiger partial charge on any atom is 0.0463 e. The van der Waals surface area contributed by atoms with Crippen molar-refractivity contribution in [2.45, 2.75) is 6.92 Å². The van der Waals surface area contributed by atoms with Gasteiger partial charge in [-0.15, -0.1) is 0 Å². The number of hydrogen-bond donors (Lipinski definition) is 0. The highest BCUT2D eigenvalue weighted by atomic mass is 15.2. The summed E-state index contributed by atoms with van der Waals surface area (Å²) in [5, 5.41) is 0. The van der Waals surface area contributed by atoms with Crippen molar-refractivity contribution in [1.29, 1.82) is 0 Å². The average Bonchev–Trinajstić information content (AvgIpc) is 2.88. The van der Waals surface area contributed by atoms with Crippen molar-refractivity contribution >= 4 is 22.7 Å². The van der Waals surface area contributed by atoms with Gasteiger partial charge in [-0.2, -0.15) is 0 Å². The Kier molecular flexibility index (Phi) is 8.44. The maximum absolute atomic E-state index is 4.01. The van der Waals surface area contributed by atoms with Crippen molar-refractivity contribution < 1.29 is 0 Å². The molecular formula is C31H30N2. The quantitative estimate of drug-likeness (QED) is 0.296. The number of rotatable bonds is 10. The number of benzene rings is 3. The van der Waals surface area contributed by atoms with E-state index in [1.807, 2.05) is 49.4 Å². The Morgan fingerprint density at radius 1 is 0.606 bits per heavy atom. The van der Waals surface area contributed by atoms with Crippen LogP contribution in [-0.4, -0.2) is 0 Å². The molecule has 0 unspecified atom stereocenters. The lowest BCUT2D eigenvalue weighted by molar-refractivity contribution is 1.18. The molecule has 3 aromatic carbocycles. The molecule has 0 aliphatic carbocycles. The molecule has 0 spiro atoms. The van der Waals surface area contributed by atoms with E-state index in [0.29, 0.717) is 0 Å². The molecule has 0 aromatic heterocycles. The second kappa shape index (κ2) is 11.9. The summed E-state index contributed by atoms with van der Waals surface area (Å²) in [5.74, 6) is 0. The topological polar surface area (TPSA) is 6.48 Å². The highest BCUT2D eigenvalue weighted by Crippen LogP contribution is 2.35. The van der Waals surface area contributed by atoms with Crippen LogP contribution in [0.15, 0.2) is 159 Å². The second-order valence-electron chi connectivity index (χ2n) is 7.20. The zero-order valence-electron chi connectivity index (χ0n) is 19.1. The zero-order valence-corrected chi connectivity index (χ0v) is 19.1.